The molecule has 48 heavy (non-hydrogen) atoms. The number of amides is 3. The van der Waals surface area contributed by atoms with E-state index in [4.69, 9.17) is 16.6 Å². The van der Waals surface area contributed by atoms with Crippen molar-refractivity contribution in [3.05, 3.63) is 5.73 Å². The number of rotatable bonds is 27. The number of carboxylic acids is 2. The SMILES string of the molecule is CC(C)([NH-])C=O.NCC(=O)N(C[C-]=O)CCNC(=O)CCC(NC(=O)CCCCCCCCCCCCCCC(=O)O)C(=O)O.[B]C.[Y]. The van der Waals surface area contributed by atoms with Gasteiger partial charge in [-0.2, -0.15) is 0 Å². The summed E-state index contributed by atoms with van der Waals surface area (Å²) in [4.78, 5) is 79.0. The van der Waals surface area contributed by atoms with Crippen molar-refractivity contribution in [3.63, 3.8) is 0 Å². The topological polar surface area (TPSA) is 237 Å². The molecule has 0 fully saturated rings. The first-order valence-corrected chi connectivity index (χ1v) is 16.4. The molecule has 0 aliphatic rings. The van der Waals surface area contributed by atoms with E-state index in [0.717, 1.165) is 56.3 Å². The number of carboxylic acid groups (broad SMARTS) is 2. The zero-order chi connectivity index (χ0) is 36.5. The van der Waals surface area contributed by atoms with Crippen molar-refractivity contribution in [1.82, 2.24) is 15.5 Å². The molecule has 16 heteroatoms. The molecule has 7 N–H and O–H groups in total. The molecule has 3 radical (unpaired) electrons. The number of nitrogens with two attached hydrogens (primary N) is 1. The first-order chi connectivity index (χ1) is 22.3. The minimum absolute atomic E-state index is 0. The van der Waals surface area contributed by atoms with Crippen LogP contribution in [-0.2, 0) is 66.3 Å². The van der Waals surface area contributed by atoms with Gasteiger partial charge in [-0.3, -0.25) is 19.2 Å². The number of aldehydes is 1. The fourth-order valence-electron chi connectivity index (χ4n) is 4.05. The third-order valence-electron chi connectivity index (χ3n) is 6.62. The van der Waals surface area contributed by atoms with Gasteiger partial charge < -0.3 is 46.8 Å². The van der Waals surface area contributed by atoms with E-state index in [9.17, 15) is 38.7 Å². The second kappa shape index (κ2) is 36.1. The van der Waals surface area contributed by atoms with E-state index < -0.39 is 35.3 Å². The van der Waals surface area contributed by atoms with Crippen LogP contribution in [0, 0.1) is 0 Å². The van der Waals surface area contributed by atoms with Crippen LogP contribution in [0.25, 0.3) is 5.73 Å². The fraction of sp³-hybridized carbons (Fsp3) is 0.781. The monoisotopic (exact) mass is 756 g/mol. The van der Waals surface area contributed by atoms with Crippen molar-refractivity contribution in [2.75, 3.05) is 26.2 Å². The number of unbranched alkanes of at least 4 members (excludes halogenated alkanes) is 11. The van der Waals surface area contributed by atoms with Crippen LogP contribution in [0.2, 0.25) is 6.82 Å². The molecule has 1 unspecified atom stereocenters. The average Bonchev–Trinajstić information content (AvgIpc) is 3.02. The maximum absolute atomic E-state index is 12.2. The molecule has 0 aromatic carbocycles. The van der Waals surface area contributed by atoms with E-state index in [1.165, 1.54) is 26.1 Å². The number of carbonyl (C=O) groups excluding carboxylic acids is 5. The molecule has 273 valence electrons. The smallest absolute Gasteiger partial charge is 0.326 e. The first-order valence-electron chi connectivity index (χ1n) is 16.4. The van der Waals surface area contributed by atoms with Crippen LogP contribution in [0.3, 0.4) is 0 Å². The molecule has 0 spiro atoms. The summed E-state index contributed by atoms with van der Waals surface area (Å²) in [6.07, 6.45) is 14.8. The minimum atomic E-state index is -1.21. The van der Waals surface area contributed by atoms with Gasteiger partial charge in [0.05, 0.1) is 14.4 Å². The Morgan fingerprint density at radius 3 is 1.67 bits per heavy atom. The second-order valence-electron chi connectivity index (χ2n) is 11.5. The van der Waals surface area contributed by atoms with Crippen molar-refractivity contribution < 1.29 is 76.5 Å². The summed E-state index contributed by atoms with van der Waals surface area (Å²) in [7, 11) is 4.50. The fourth-order valence-corrected chi connectivity index (χ4v) is 4.05. The van der Waals surface area contributed by atoms with Crippen LogP contribution in [-0.4, -0.2) is 103 Å². The van der Waals surface area contributed by atoms with Crippen molar-refractivity contribution in [2.45, 2.75) is 135 Å². The van der Waals surface area contributed by atoms with Crippen molar-refractivity contribution in [3.8, 4) is 0 Å². The standard InChI is InChI=1S/C27H47N4O8.C4H8NO.CH3B.Y/c28-21-25(35)31(19-20-32)18-17-29-23(33)16-15-22(27(38)39)30-24(34)13-11-9-7-5-3-1-2-4-6-8-10-12-14-26(36)37;1-4(2,5)3-6;1-2;/h22H,1-19,21,28H2,(H,29,33)(H,30,34)(H,36,37)(H,38,39);3,5H,1-2H3;1H3;/q2*-1;;. The number of carbonyl (C=O) groups is 6. The van der Waals surface area contributed by atoms with Crippen molar-refractivity contribution >= 4 is 50.1 Å². The Bertz CT molecular complexity index is 893. The van der Waals surface area contributed by atoms with E-state index in [1.807, 2.05) is 0 Å². The Hall–Kier alpha value is -2.22. The zero-order valence-electron chi connectivity index (χ0n) is 29.2. The average molecular weight is 757 g/mol. The molecule has 14 nitrogen and oxygen atoms in total. The number of aliphatic carboxylic acids is 2. The summed E-state index contributed by atoms with van der Waals surface area (Å²) in [5.74, 6) is -3.17. The number of nitrogens with zero attached hydrogens (tertiary/aromatic N) is 1. The van der Waals surface area contributed by atoms with Gasteiger partial charge >= 0.3 is 11.9 Å². The third kappa shape index (κ3) is 38.2. The molecule has 0 saturated heterocycles. The van der Waals surface area contributed by atoms with Gasteiger partial charge in [0.25, 0.3) is 0 Å². The van der Waals surface area contributed by atoms with E-state index in [-0.39, 0.29) is 90.5 Å². The molecular weight excluding hydrogens is 698 g/mol. The molecule has 0 heterocycles. The van der Waals surface area contributed by atoms with Crippen molar-refractivity contribution in [2.24, 2.45) is 5.73 Å². The number of hydrogen-bond acceptors (Lipinski definition) is 8. The quantitative estimate of drug-likeness (QED) is 0.0355. The molecule has 0 aromatic rings. The Labute approximate surface area is 313 Å². The van der Waals surface area contributed by atoms with Crippen molar-refractivity contribution in [1.29, 1.82) is 0 Å². The van der Waals surface area contributed by atoms with Gasteiger partial charge in [-0.05, 0) is 19.3 Å². The molecule has 0 rings (SSSR count). The van der Waals surface area contributed by atoms with Gasteiger partial charge in [0.15, 0.2) is 0 Å². The van der Waals surface area contributed by atoms with Crippen LogP contribution in [0.4, 0.5) is 0 Å². The van der Waals surface area contributed by atoms with Crippen LogP contribution >= 0.6 is 0 Å². The second-order valence-corrected chi connectivity index (χ2v) is 11.5. The first kappa shape index (κ1) is 52.6. The predicted octanol–water partition coefficient (Wildman–Crippen LogP) is 3.11. The summed E-state index contributed by atoms with van der Waals surface area (Å²) in [5.41, 5.74) is 11.2. The summed E-state index contributed by atoms with van der Waals surface area (Å²) >= 11 is 0. The minimum Gasteiger partial charge on any atom is -0.666 e. The van der Waals surface area contributed by atoms with Gasteiger partial charge in [-0.15, -0.1) is 0 Å². The molecule has 0 bridgehead atoms. The van der Waals surface area contributed by atoms with Crippen LogP contribution < -0.4 is 16.4 Å². The third-order valence-corrected chi connectivity index (χ3v) is 6.62. The Morgan fingerprint density at radius 1 is 0.854 bits per heavy atom. The van der Waals surface area contributed by atoms with E-state index in [0.29, 0.717) is 12.7 Å². The Kier molecular flexibility index (Phi) is 39.5. The number of hydrogen-bond donors (Lipinski definition) is 5. The summed E-state index contributed by atoms with van der Waals surface area (Å²) < 4.78 is 0. The van der Waals surface area contributed by atoms with Crippen LogP contribution in [0.1, 0.15) is 117 Å². The summed E-state index contributed by atoms with van der Waals surface area (Å²) in [6, 6.07) is -1.17. The summed E-state index contributed by atoms with van der Waals surface area (Å²) in [5, 5.41) is 23.0. The van der Waals surface area contributed by atoms with E-state index >= 15 is 0 Å². The number of nitrogens with one attached hydrogen (secondary N) is 3. The largest absolute Gasteiger partial charge is 0.666 e. The molecule has 0 saturated carbocycles. The normalized spacial score (nSPS) is 10.8. The van der Waals surface area contributed by atoms with E-state index in [1.54, 1.807) is 20.1 Å². The Morgan fingerprint density at radius 2 is 1.29 bits per heavy atom. The molecule has 0 aromatic heterocycles. The molecule has 1 atom stereocenters. The van der Waals surface area contributed by atoms with Gasteiger partial charge in [0.1, 0.15) is 12.3 Å². The zero-order valence-corrected chi connectivity index (χ0v) is 32.1. The summed E-state index contributed by atoms with van der Waals surface area (Å²) in [6.45, 7) is 4.22. The molecular formula is C32H58BN5O9Y-2. The van der Waals surface area contributed by atoms with Gasteiger partial charge in [0.2, 0.25) is 17.7 Å². The maximum Gasteiger partial charge on any atom is 0.326 e. The molecule has 3 amide bonds. The predicted molar refractivity (Wildman–Crippen MR) is 181 cm³/mol. The molecule has 0 aliphatic heterocycles. The van der Waals surface area contributed by atoms with Gasteiger partial charge in [-0.1, -0.05) is 97.0 Å². The molecule has 0 aliphatic carbocycles. The van der Waals surface area contributed by atoms with Gasteiger partial charge in [-0.25, -0.2) is 11.1 Å². The Balaban J connectivity index is -0.000000960. The van der Waals surface area contributed by atoms with Crippen LogP contribution in [0.5, 0.6) is 0 Å². The maximum atomic E-state index is 12.2. The van der Waals surface area contributed by atoms with E-state index in [2.05, 4.69) is 18.5 Å². The van der Waals surface area contributed by atoms with Gasteiger partial charge in [0, 0.05) is 65.1 Å². The van der Waals surface area contributed by atoms with Crippen LogP contribution in [0.15, 0.2) is 0 Å².